The number of hydrogen-bond donors (Lipinski definition) is 4. The fraction of sp³-hybridized carbons (Fsp3) is 0.538. The maximum atomic E-state index is 15.0. The molecule has 4 aliphatic rings. The zero-order valence-electron chi connectivity index (χ0n) is 32.4. The van der Waals surface area contributed by atoms with Gasteiger partial charge in [-0.25, -0.2) is 18.7 Å². The Bertz CT molecular complexity index is 2420. The van der Waals surface area contributed by atoms with Crippen molar-refractivity contribution in [2.45, 2.75) is 133 Å². The van der Waals surface area contributed by atoms with E-state index in [9.17, 15) is 35.1 Å². The molecule has 4 N–H and O–H groups in total. The highest BCUT2D eigenvalue weighted by Crippen LogP contribution is 2.45. The van der Waals surface area contributed by atoms with Crippen LogP contribution in [0, 0.1) is 0 Å². The number of alkyl halides is 8. The van der Waals surface area contributed by atoms with Crippen LogP contribution in [0.4, 0.5) is 70.3 Å². The number of benzene rings is 1. The SMILES string of the molecule is CC(c1ccc2c(Nc3ncc(C(F)(F)F)c(NC4(C)CC4)n3)nn(C3CCCC3)c2c1)n1nc(Nc2ncc(C(F)(F)F)c(NC3(C)CC3)n2)c2c1CCC(F)(F)C2. The third-order valence-electron chi connectivity index (χ3n) is 12.0. The molecule has 0 saturated heterocycles. The topological polar surface area (TPSA) is 135 Å². The van der Waals surface area contributed by atoms with Gasteiger partial charge in [0.05, 0.1) is 17.6 Å². The number of aromatic nitrogens is 8. The lowest BCUT2D eigenvalue weighted by molar-refractivity contribution is -0.138. The quantitative estimate of drug-likeness (QED) is 0.0953. The minimum atomic E-state index is -4.72. The van der Waals surface area contributed by atoms with Crippen molar-refractivity contribution in [1.82, 2.24) is 39.5 Å². The van der Waals surface area contributed by atoms with Crippen molar-refractivity contribution in [2.24, 2.45) is 0 Å². The summed E-state index contributed by atoms with van der Waals surface area (Å²) in [5.74, 6) is -3.63. The molecule has 4 aromatic heterocycles. The summed E-state index contributed by atoms with van der Waals surface area (Å²) in [6.45, 7) is 5.49. The number of halogens is 8. The van der Waals surface area contributed by atoms with Crippen molar-refractivity contribution in [3.05, 3.63) is 58.5 Å². The number of fused-ring (bicyclic) bond motifs is 2. The van der Waals surface area contributed by atoms with Gasteiger partial charge in [0.25, 0.3) is 5.92 Å². The van der Waals surface area contributed by atoms with Gasteiger partial charge in [-0.15, -0.1) is 0 Å². The first-order chi connectivity index (χ1) is 27.8. The van der Waals surface area contributed by atoms with E-state index in [0.717, 1.165) is 43.0 Å². The fourth-order valence-corrected chi connectivity index (χ4v) is 8.00. The smallest absolute Gasteiger partial charge is 0.364 e. The molecule has 4 heterocycles. The highest BCUT2D eigenvalue weighted by molar-refractivity contribution is 5.92. The first kappa shape index (κ1) is 39.2. The maximum absolute atomic E-state index is 15.0. The van der Waals surface area contributed by atoms with Gasteiger partial charge in [0.1, 0.15) is 22.8 Å². The van der Waals surface area contributed by atoms with E-state index in [2.05, 4.69) is 41.2 Å². The van der Waals surface area contributed by atoms with Crippen LogP contribution in [0.1, 0.15) is 119 Å². The summed E-state index contributed by atoms with van der Waals surface area (Å²) in [6.07, 6.45) is -2.49. The predicted molar refractivity (Wildman–Crippen MR) is 203 cm³/mol. The van der Waals surface area contributed by atoms with Crippen molar-refractivity contribution in [2.75, 3.05) is 21.3 Å². The van der Waals surface area contributed by atoms with Gasteiger partial charge in [0.2, 0.25) is 11.9 Å². The van der Waals surface area contributed by atoms with Gasteiger partial charge in [0.15, 0.2) is 11.6 Å². The fourth-order valence-electron chi connectivity index (χ4n) is 8.00. The molecule has 0 amide bonds. The number of anilines is 6. The second kappa shape index (κ2) is 13.6. The van der Waals surface area contributed by atoms with Crippen LogP contribution in [0.25, 0.3) is 10.9 Å². The Morgan fingerprint density at radius 1 is 0.746 bits per heavy atom. The van der Waals surface area contributed by atoms with E-state index in [-0.39, 0.29) is 41.6 Å². The Kier molecular flexibility index (Phi) is 9.04. The minimum absolute atomic E-state index is 0.000172. The Morgan fingerprint density at radius 3 is 1.85 bits per heavy atom. The summed E-state index contributed by atoms with van der Waals surface area (Å²) in [5, 5.41) is 22.0. The van der Waals surface area contributed by atoms with Gasteiger partial charge in [-0.3, -0.25) is 9.36 Å². The van der Waals surface area contributed by atoms with Crippen LogP contribution in [0.2, 0.25) is 0 Å². The van der Waals surface area contributed by atoms with Gasteiger partial charge in [-0.1, -0.05) is 18.9 Å². The second-order valence-corrected chi connectivity index (χ2v) is 17.0. The van der Waals surface area contributed by atoms with Crippen LogP contribution in [0.5, 0.6) is 0 Å². The molecule has 0 radical (unpaired) electrons. The molecule has 59 heavy (non-hydrogen) atoms. The van der Waals surface area contributed by atoms with E-state index in [4.69, 9.17) is 10.2 Å². The summed E-state index contributed by atoms with van der Waals surface area (Å²) in [4.78, 5) is 16.3. The first-order valence-corrected chi connectivity index (χ1v) is 19.8. The number of hydrogen-bond acceptors (Lipinski definition) is 10. The highest BCUT2D eigenvalue weighted by Gasteiger charge is 2.44. The molecule has 0 aliphatic heterocycles. The average molecular weight is 831 g/mol. The van der Waals surface area contributed by atoms with Crippen molar-refractivity contribution < 1.29 is 35.1 Å². The lowest BCUT2D eigenvalue weighted by Gasteiger charge is -2.24. The molecular formula is C39H42F8N12. The molecule has 1 atom stereocenters. The van der Waals surface area contributed by atoms with Gasteiger partial charge in [-0.2, -0.15) is 46.5 Å². The summed E-state index contributed by atoms with van der Waals surface area (Å²) < 4.78 is 117. The van der Waals surface area contributed by atoms with Crippen molar-refractivity contribution >= 4 is 46.1 Å². The molecule has 1 aromatic carbocycles. The molecule has 4 aliphatic carbocycles. The lowest BCUT2D eigenvalue weighted by atomic mass is 9.93. The standard InChI is InChI=1S/C39H42F8N12/c1-20(58-27-10-11-37(40,41)17-24(27)30(56-58)51-34-49-19-26(39(45,46)47)32(53-34)55-36(3)14-15-36)21-8-9-23-28(16-21)59(22-6-4-5-7-22)57-29(23)50-33-48-18-25(38(42,43)44)31(52-33)54-35(2)12-13-35/h8-9,16,18-20,22H,4-7,10-15,17H2,1-3H3,(H2,48,50,52,54,57)(H2,49,51,53,55,56). The third-order valence-corrected chi connectivity index (χ3v) is 12.0. The third kappa shape index (κ3) is 7.81. The van der Waals surface area contributed by atoms with Crippen molar-refractivity contribution in [3.63, 3.8) is 0 Å². The zero-order valence-corrected chi connectivity index (χ0v) is 32.4. The molecule has 314 valence electrons. The van der Waals surface area contributed by atoms with Gasteiger partial charge < -0.3 is 21.3 Å². The van der Waals surface area contributed by atoms with Crippen molar-refractivity contribution in [3.8, 4) is 0 Å². The number of nitrogens with zero attached hydrogens (tertiary/aromatic N) is 8. The zero-order chi connectivity index (χ0) is 41.7. The van der Waals surface area contributed by atoms with Crippen molar-refractivity contribution in [1.29, 1.82) is 0 Å². The predicted octanol–water partition coefficient (Wildman–Crippen LogP) is 10.1. The average Bonchev–Trinajstić information content (AvgIpc) is 3.83. The lowest BCUT2D eigenvalue weighted by Crippen LogP contribution is -2.27. The molecule has 0 bridgehead atoms. The van der Waals surface area contributed by atoms with Gasteiger partial charge in [-0.05, 0) is 83.4 Å². The van der Waals surface area contributed by atoms with E-state index in [1.807, 2.05) is 36.7 Å². The maximum Gasteiger partial charge on any atom is 0.421 e. The molecule has 3 saturated carbocycles. The van der Waals surface area contributed by atoms with Gasteiger partial charge in [0, 0.05) is 53.0 Å². The van der Waals surface area contributed by atoms with Crippen LogP contribution in [0.3, 0.4) is 0 Å². The molecule has 1 unspecified atom stereocenters. The van der Waals surface area contributed by atoms with E-state index < -0.39 is 65.2 Å². The van der Waals surface area contributed by atoms with Crippen LogP contribution >= 0.6 is 0 Å². The summed E-state index contributed by atoms with van der Waals surface area (Å²) in [6, 6.07) is 5.18. The molecule has 0 spiro atoms. The normalized spacial score (nSPS) is 20.0. The Labute approximate surface area is 333 Å². The molecule has 12 nitrogen and oxygen atoms in total. The molecule has 3 fully saturated rings. The van der Waals surface area contributed by atoms with Crippen LogP contribution < -0.4 is 21.3 Å². The van der Waals surface area contributed by atoms with Crippen LogP contribution in [0.15, 0.2) is 30.6 Å². The van der Waals surface area contributed by atoms with E-state index in [0.29, 0.717) is 48.8 Å². The molecule has 9 rings (SSSR count). The number of nitrogens with one attached hydrogen (secondary N) is 4. The van der Waals surface area contributed by atoms with E-state index in [1.54, 1.807) is 11.6 Å². The highest BCUT2D eigenvalue weighted by atomic mass is 19.4. The Hall–Kier alpha value is -5.30. The summed E-state index contributed by atoms with van der Waals surface area (Å²) in [5.41, 5.74) is -0.731. The van der Waals surface area contributed by atoms with Gasteiger partial charge >= 0.3 is 12.4 Å². The molecule has 5 aromatic rings. The molecular weight excluding hydrogens is 788 g/mol. The van der Waals surface area contributed by atoms with Crippen LogP contribution in [-0.2, 0) is 25.2 Å². The van der Waals surface area contributed by atoms with Crippen LogP contribution in [-0.4, -0.2) is 56.5 Å². The van der Waals surface area contributed by atoms with E-state index >= 15 is 0 Å². The first-order valence-electron chi connectivity index (χ1n) is 19.8. The summed E-state index contributed by atoms with van der Waals surface area (Å²) in [7, 11) is 0. The molecule has 20 heteroatoms. The Balaban J connectivity index is 1.06. The minimum Gasteiger partial charge on any atom is -0.364 e. The Morgan fingerprint density at radius 2 is 1.31 bits per heavy atom. The number of rotatable bonds is 11. The second-order valence-electron chi connectivity index (χ2n) is 17.0. The summed E-state index contributed by atoms with van der Waals surface area (Å²) >= 11 is 0. The van der Waals surface area contributed by atoms with E-state index in [1.165, 1.54) is 0 Å². The monoisotopic (exact) mass is 830 g/mol. The largest absolute Gasteiger partial charge is 0.421 e.